The van der Waals surface area contributed by atoms with Crippen LogP contribution in [-0.2, 0) is 6.54 Å². The molecule has 8 heteroatoms. The summed E-state index contributed by atoms with van der Waals surface area (Å²) in [6.45, 7) is 2.81. The van der Waals surface area contributed by atoms with Crippen molar-refractivity contribution in [2.75, 3.05) is 25.1 Å². The van der Waals surface area contributed by atoms with Gasteiger partial charge in [-0.1, -0.05) is 0 Å². The molecule has 7 nitrogen and oxygen atoms in total. The number of rotatable bonds is 5. The molecule has 0 saturated carbocycles. The second-order valence-corrected chi connectivity index (χ2v) is 5.23. The van der Waals surface area contributed by atoms with Crippen LogP contribution >= 0.6 is 24.0 Å². The highest BCUT2D eigenvalue weighted by Gasteiger charge is 2.10. The van der Waals surface area contributed by atoms with E-state index in [9.17, 15) is 0 Å². The zero-order valence-electron chi connectivity index (χ0n) is 13.4. The number of aryl methyl sites for hydroxylation is 1. The Labute approximate surface area is 158 Å². The first-order valence-corrected chi connectivity index (χ1v) is 7.75. The van der Waals surface area contributed by atoms with Gasteiger partial charge in [-0.2, -0.15) is 5.10 Å². The maximum Gasteiger partial charge on any atom is 0.193 e. The van der Waals surface area contributed by atoms with Gasteiger partial charge in [0.05, 0.1) is 13.2 Å². The molecule has 130 valence electrons. The van der Waals surface area contributed by atoms with Crippen LogP contribution in [0.15, 0.2) is 41.7 Å². The third-order valence-corrected chi connectivity index (χ3v) is 3.41. The lowest BCUT2D eigenvalue weighted by Crippen LogP contribution is -2.23. The second-order valence-electron chi connectivity index (χ2n) is 5.23. The second kappa shape index (κ2) is 9.36. The van der Waals surface area contributed by atoms with Gasteiger partial charge in [0.2, 0.25) is 0 Å². The summed E-state index contributed by atoms with van der Waals surface area (Å²) in [7, 11) is 0. The quantitative estimate of drug-likeness (QED) is 0.321. The molecule has 0 amide bonds. The number of aliphatic imine (C=N–C) groups is 1. The topological polar surface area (TPSA) is 86.7 Å². The maximum absolute atomic E-state index is 5.92. The van der Waals surface area contributed by atoms with Gasteiger partial charge in [-0.15, -0.1) is 24.0 Å². The predicted molar refractivity (Wildman–Crippen MR) is 104 cm³/mol. The van der Waals surface area contributed by atoms with Crippen molar-refractivity contribution < 1.29 is 9.47 Å². The Morgan fingerprint density at radius 2 is 2.12 bits per heavy atom. The molecule has 24 heavy (non-hydrogen) atoms. The summed E-state index contributed by atoms with van der Waals surface area (Å²) in [5.74, 6) is 1.89. The van der Waals surface area contributed by atoms with Crippen LogP contribution in [0.3, 0.4) is 0 Å². The van der Waals surface area contributed by atoms with E-state index in [0.29, 0.717) is 25.7 Å². The molecule has 0 radical (unpaired) electrons. The van der Waals surface area contributed by atoms with Gasteiger partial charge in [-0.3, -0.25) is 9.67 Å². The predicted octanol–water partition coefficient (Wildman–Crippen LogP) is 2.48. The first-order chi connectivity index (χ1) is 11.3. The van der Waals surface area contributed by atoms with E-state index in [1.807, 2.05) is 35.1 Å². The number of hydrogen-bond acceptors (Lipinski definition) is 4. The van der Waals surface area contributed by atoms with Crippen LogP contribution in [-0.4, -0.2) is 35.5 Å². The number of halogens is 1. The van der Waals surface area contributed by atoms with E-state index in [-0.39, 0.29) is 24.0 Å². The molecule has 0 bridgehead atoms. The fourth-order valence-corrected chi connectivity index (χ4v) is 2.29. The molecule has 0 fully saturated rings. The third-order valence-electron chi connectivity index (χ3n) is 3.41. The van der Waals surface area contributed by atoms with Gasteiger partial charge in [0.25, 0.3) is 0 Å². The molecular weight excluding hydrogens is 421 g/mol. The number of aromatic nitrogens is 2. The van der Waals surface area contributed by atoms with Crippen molar-refractivity contribution in [2.24, 2.45) is 10.7 Å². The van der Waals surface area contributed by atoms with Crippen LogP contribution in [0, 0.1) is 0 Å². The number of benzene rings is 1. The van der Waals surface area contributed by atoms with Crippen molar-refractivity contribution in [3.05, 3.63) is 36.7 Å². The highest BCUT2D eigenvalue weighted by molar-refractivity contribution is 14.0. The minimum absolute atomic E-state index is 0. The average Bonchev–Trinajstić information content (AvgIpc) is 2.96. The summed E-state index contributed by atoms with van der Waals surface area (Å²) in [5, 5.41) is 7.22. The minimum Gasteiger partial charge on any atom is -0.490 e. The molecular formula is C16H22IN5O2. The van der Waals surface area contributed by atoms with Crippen molar-refractivity contribution in [1.82, 2.24) is 9.78 Å². The molecule has 2 aromatic rings. The Kier molecular flexibility index (Phi) is 7.16. The van der Waals surface area contributed by atoms with Crippen LogP contribution in [0.5, 0.6) is 11.5 Å². The molecule has 0 aliphatic carbocycles. The summed E-state index contributed by atoms with van der Waals surface area (Å²) in [4.78, 5) is 4.32. The Hall–Kier alpha value is -1.97. The molecule has 1 aromatic heterocycles. The van der Waals surface area contributed by atoms with Gasteiger partial charge in [0.15, 0.2) is 17.5 Å². The molecule has 1 aliphatic heterocycles. The highest BCUT2D eigenvalue weighted by Crippen LogP contribution is 2.32. The minimum atomic E-state index is 0. The molecule has 3 N–H and O–H groups in total. The number of nitrogens with two attached hydrogens (primary N) is 1. The summed E-state index contributed by atoms with van der Waals surface area (Å²) in [5.41, 5.74) is 6.75. The number of hydrogen-bond donors (Lipinski definition) is 2. The number of ether oxygens (including phenoxy) is 2. The van der Waals surface area contributed by atoms with Crippen molar-refractivity contribution in [1.29, 1.82) is 0 Å². The molecule has 1 aromatic carbocycles. The van der Waals surface area contributed by atoms with E-state index >= 15 is 0 Å². The molecule has 0 unspecified atom stereocenters. The average molecular weight is 443 g/mol. The molecule has 3 rings (SSSR count). The van der Waals surface area contributed by atoms with Crippen LogP contribution < -0.4 is 20.5 Å². The Morgan fingerprint density at radius 3 is 2.92 bits per heavy atom. The first kappa shape index (κ1) is 18.4. The van der Waals surface area contributed by atoms with Gasteiger partial charge < -0.3 is 20.5 Å². The van der Waals surface area contributed by atoms with E-state index in [1.54, 1.807) is 6.20 Å². The molecule has 0 spiro atoms. The molecule has 0 saturated heterocycles. The monoisotopic (exact) mass is 443 g/mol. The van der Waals surface area contributed by atoms with Crippen LogP contribution in [0.2, 0.25) is 0 Å². The zero-order valence-corrected chi connectivity index (χ0v) is 15.7. The summed E-state index contributed by atoms with van der Waals surface area (Å²) in [6, 6.07) is 7.57. The summed E-state index contributed by atoms with van der Waals surface area (Å²) >= 11 is 0. The third kappa shape index (κ3) is 5.29. The highest BCUT2D eigenvalue weighted by atomic mass is 127. The number of anilines is 1. The lowest BCUT2D eigenvalue weighted by atomic mass is 10.3. The first-order valence-electron chi connectivity index (χ1n) is 7.75. The van der Waals surface area contributed by atoms with E-state index in [4.69, 9.17) is 15.2 Å². The zero-order chi connectivity index (χ0) is 15.9. The van der Waals surface area contributed by atoms with Gasteiger partial charge in [0, 0.05) is 43.7 Å². The molecule has 0 atom stereocenters. The SMILES string of the molecule is I.NC(=NCCCn1cccn1)Nc1ccc2c(c1)OCCCO2. The smallest absolute Gasteiger partial charge is 0.193 e. The fraction of sp³-hybridized carbons (Fsp3) is 0.375. The number of nitrogens with one attached hydrogen (secondary N) is 1. The Bertz CT molecular complexity index is 660. The number of guanidine groups is 1. The Morgan fingerprint density at radius 1 is 1.29 bits per heavy atom. The van der Waals surface area contributed by atoms with Crippen molar-refractivity contribution in [3.63, 3.8) is 0 Å². The standard InChI is InChI=1S/C16H21N5O2.HI/c17-16(18-6-1-8-21-9-2-7-19-21)20-13-4-5-14-15(12-13)23-11-3-10-22-14;/h2,4-5,7,9,12H,1,3,6,8,10-11H2,(H3,17,18,20);1H. The lowest BCUT2D eigenvalue weighted by molar-refractivity contribution is 0.297. The van der Waals surface area contributed by atoms with Crippen molar-refractivity contribution in [3.8, 4) is 11.5 Å². The van der Waals surface area contributed by atoms with E-state index < -0.39 is 0 Å². The van der Waals surface area contributed by atoms with Crippen LogP contribution in [0.25, 0.3) is 0 Å². The number of nitrogens with zero attached hydrogens (tertiary/aromatic N) is 3. The van der Waals surface area contributed by atoms with Gasteiger partial charge in [0.1, 0.15) is 0 Å². The van der Waals surface area contributed by atoms with Crippen molar-refractivity contribution in [2.45, 2.75) is 19.4 Å². The van der Waals surface area contributed by atoms with Crippen molar-refractivity contribution >= 4 is 35.6 Å². The van der Waals surface area contributed by atoms with Crippen LogP contribution in [0.4, 0.5) is 5.69 Å². The largest absolute Gasteiger partial charge is 0.490 e. The summed E-state index contributed by atoms with van der Waals surface area (Å²) in [6.07, 6.45) is 5.47. The van der Waals surface area contributed by atoms with Gasteiger partial charge in [-0.05, 0) is 24.6 Å². The van der Waals surface area contributed by atoms with Crippen LogP contribution in [0.1, 0.15) is 12.8 Å². The summed E-state index contributed by atoms with van der Waals surface area (Å²) < 4.78 is 13.1. The molecule has 2 heterocycles. The Balaban J connectivity index is 0.00000208. The van der Waals surface area contributed by atoms with E-state index in [1.165, 1.54) is 0 Å². The van der Waals surface area contributed by atoms with Gasteiger partial charge in [-0.25, -0.2) is 0 Å². The normalized spacial score (nSPS) is 13.8. The lowest BCUT2D eigenvalue weighted by Gasteiger charge is -2.10. The van der Waals surface area contributed by atoms with E-state index in [2.05, 4.69) is 15.4 Å². The molecule has 1 aliphatic rings. The fourth-order valence-electron chi connectivity index (χ4n) is 2.29. The van der Waals surface area contributed by atoms with Gasteiger partial charge >= 0.3 is 0 Å². The number of fused-ring (bicyclic) bond motifs is 1. The maximum atomic E-state index is 5.92. The van der Waals surface area contributed by atoms with E-state index in [0.717, 1.165) is 36.6 Å².